The molecule has 0 spiro atoms. The molecule has 36 heavy (non-hydrogen) atoms. The van der Waals surface area contributed by atoms with Gasteiger partial charge in [0, 0.05) is 51.0 Å². The number of carbonyl (C=O) groups excluding carboxylic acids is 4. The Hall–Kier alpha value is -1.75. The monoisotopic (exact) mass is 533 g/mol. The van der Waals surface area contributed by atoms with Crippen LogP contribution in [-0.4, -0.2) is 79.4 Å². The maximum absolute atomic E-state index is 11.9. The van der Waals surface area contributed by atoms with Gasteiger partial charge in [-0.3, -0.25) is 33.1 Å². The number of phosphoric acid groups is 1. The van der Waals surface area contributed by atoms with Crippen molar-refractivity contribution in [1.82, 2.24) is 4.90 Å². The average molecular weight is 534 g/mol. The van der Waals surface area contributed by atoms with E-state index in [1.165, 1.54) is 12.2 Å². The first-order valence-corrected chi connectivity index (χ1v) is 14.1. The second kappa shape index (κ2) is 19.4. The molecule has 1 unspecified atom stereocenters. The van der Waals surface area contributed by atoms with Gasteiger partial charge in [-0.05, 0) is 26.2 Å². The lowest BCUT2D eigenvalue weighted by Gasteiger charge is -2.12. The number of ether oxygens (including phenoxy) is 2. The van der Waals surface area contributed by atoms with Crippen LogP contribution in [0.15, 0.2) is 12.2 Å². The van der Waals surface area contributed by atoms with E-state index in [9.17, 15) is 28.6 Å². The highest BCUT2D eigenvalue weighted by atomic mass is 31.2. The lowest BCUT2D eigenvalue weighted by Crippen LogP contribution is -2.32. The van der Waals surface area contributed by atoms with Crippen LogP contribution in [0.1, 0.15) is 71.1 Å². The van der Waals surface area contributed by atoms with Crippen molar-refractivity contribution in [2.45, 2.75) is 71.1 Å². The summed E-state index contributed by atoms with van der Waals surface area (Å²) in [6, 6.07) is 0. The molecule has 0 aromatic carbocycles. The molecular formula is C24H40NO10P. The second-order valence-electron chi connectivity index (χ2n) is 8.30. The minimum absolute atomic E-state index is 0.0226. The van der Waals surface area contributed by atoms with Crippen LogP contribution >= 0.6 is 7.82 Å². The highest BCUT2D eigenvalue weighted by molar-refractivity contribution is 7.47. The molecule has 1 heterocycles. The van der Waals surface area contributed by atoms with Crippen molar-refractivity contribution in [1.29, 1.82) is 0 Å². The number of amides is 2. The Morgan fingerprint density at radius 3 is 2.03 bits per heavy atom. The molecule has 0 radical (unpaired) electrons. The third kappa shape index (κ3) is 16.1. The number of nitrogens with zero attached hydrogens (tertiary/aromatic N) is 1. The van der Waals surface area contributed by atoms with Crippen molar-refractivity contribution < 1.29 is 47.2 Å². The van der Waals surface area contributed by atoms with Crippen molar-refractivity contribution in [3.05, 3.63) is 12.2 Å². The molecule has 1 N–H and O–H groups in total. The molecule has 0 aromatic rings. The maximum atomic E-state index is 11.9. The molecule has 0 aromatic heterocycles. The van der Waals surface area contributed by atoms with E-state index in [0.717, 1.165) is 30.6 Å². The number of hydrogen-bond donors (Lipinski definition) is 1. The molecule has 12 heteroatoms. The molecule has 1 rings (SSSR count). The molecule has 0 saturated heterocycles. The molecule has 1 atom stereocenters. The average Bonchev–Trinajstić information content (AvgIpc) is 3.15. The van der Waals surface area contributed by atoms with Gasteiger partial charge in [-0.25, -0.2) is 4.57 Å². The zero-order valence-corrected chi connectivity index (χ0v) is 22.1. The van der Waals surface area contributed by atoms with Crippen LogP contribution in [0.25, 0.3) is 0 Å². The Morgan fingerprint density at radius 1 is 0.750 bits per heavy atom. The molecule has 0 saturated carbocycles. The number of rotatable bonds is 24. The minimum Gasteiger partial charge on any atom is -0.379 e. The van der Waals surface area contributed by atoms with Gasteiger partial charge < -0.3 is 14.4 Å². The summed E-state index contributed by atoms with van der Waals surface area (Å²) in [5.41, 5.74) is 0. The summed E-state index contributed by atoms with van der Waals surface area (Å²) >= 11 is 0. The van der Waals surface area contributed by atoms with E-state index in [4.69, 9.17) is 14.0 Å². The highest BCUT2D eigenvalue weighted by Gasteiger charge is 2.23. The van der Waals surface area contributed by atoms with Crippen LogP contribution in [0.3, 0.4) is 0 Å². The fourth-order valence-corrected chi connectivity index (χ4v) is 4.11. The first-order chi connectivity index (χ1) is 17.2. The van der Waals surface area contributed by atoms with Gasteiger partial charge in [0.05, 0.1) is 33.0 Å². The Balaban J connectivity index is 1.84. The van der Waals surface area contributed by atoms with Gasteiger partial charge in [-0.1, -0.05) is 19.3 Å². The smallest absolute Gasteiger partial charge is 0.379 e. The molecule has 0 aliphatic carbocycles. The summed E-state index contributed by atoms with van der Waals surface area (Å²) in [6.07, 6.45) is 8.47. The van der Waals surface area contributed by atoms with E-state index in [1.807, 2.05) is 0 Å². The number of phosphoric ester groups is 1. The zero-order chi connectivity index (χ0) is 26.7. The van der Waals surface area contributed by atoms with E-state index in [2.05, 4.69) is 4.52 Å². The SMILES string of the molecule is CCOP(=O)(O)OCCCCCCCC(=O)CCOCCOCCCC(=O)CCN1C(=O)C=CC1=O. The third-order valence-corrected chi connectivity index (χ3v) is 6.40. The van der Waals surface area contributed by atoms with E-state index in [1.54, 1.807) is 6.92 Å². The summed E-state index contributed by atoms with van der Waals surface area (Å²) in [6.45, 7) is 3.55. The van der Waals surface area contributed by atoms with Crippen molar-refractivity contribution >= 4 is 31.2 Å². The Kier molecular flexibility index (Phi) is 17.4. The lowest BCUT2D eigenvalue weighted by molar-refractivity contribution is -0.137. The van der Waals surface area contributed by atoms with E-state index in [0.29, 0.717) is 58.5 Å². The number of carbonyl (C=O) groups is 4. The van der Waals surface area contributed by atoms with Crippen LogP contribution < -0.4 is 0 Å². The van der Waals surface area contributed by atoms with Crippen LogP contribution in [0.5, 0.6) is 0 Å². The first-order valence-electron chi connectivity index (χ1n) is 12.6. The normalized spacial score (nSPS) is 15.0. The molecule has 0 bridgehead atoms. The summed E-state index contributed by atoms with van der Waals surface area (Å²) in [5, 5.41) is 0. The van der Waals surface area contributed by atoms with Crippen LogP contribution in [-0.2, 0) is 42.3 Å². The molecular weight excluding hydrogens is 493 g/mol. The second-order valence-corrected chi connectivity index (χ2v) is 9.76. The van der Waals surface area contributed by atoms with Gasteiger partial charge in [0.1, 0.15) is 11.6 Å². The predicted molar refractivity (Wildman–Crippen MR) is 131 cm³/mol. The van der Waals surface area contributed by atoms with Crippen molar-refractivity contribution in [3.63, 3.8) is 0 Å². The summed E-state index contributed by atoms with van der Waals surface area (Å²) < 4.78 is 31.6. The molecule has 2 amide bonds. The van der Waals surface area contributed by atoms with Gasteiger partial charge >= 0.3 is 7.82 Å². The standard InChI is InChI=1S/C24H40NO10P/c1-2-34-36(30,31)35-17-7-5-3-4-6-9-22(27)14-18-33-20-19-32-16-8-10-21(26)13-15-25-23(28)11-12-24(25)29/h11-12H,2-10,13-20H2,1H3,(H,30,31). The maximum Gasteiger partial charge on any atom is 0.472 e. The molecule has 1 aliphatic rings. The van der Waals surface area contributed by atoms with Crippen molar-refractivity contribution in [3.8, 4) is 0 Å². The Morgan fingerprint density at radius 2 is 1.33 bits per heavy atom. The van der Waals surface area contributed by atoms with Gasteiger partial charge in [-0.15, -0.1) is 0 Å². The summed E-state index contributed by atoms with van der Waals surface area (Å²) in [5.74, 6) is -0.628. The predicted octanol–water partition coefficient (Wildman–Crippen LogP) is 3.14. The summed E-state index contributed by atoms with van der Waals surface area (Å²) in [4.78, 5) is 56.9. The van der Waals surface area contributed by atoms with E-state index >= 15 is 0 Å². The fraction of sp³-hybridized carbons (Fsp3) is 0.750. The molecule has 1 aliphatic heterocycles. The highest BCUT2D eigenvalue weighted by Crippen LogP contribution is 2.42. The molecule has 11 nitrogen and oxygen atoms in total. The fourth-order valence-electron chi connectivity index (χ4n) is 3.35. The third-order valence-electron chi connectivity index (χ3n) is 5.30. The van der Waals surface area contributed by atoms with Crippen LogP contribution in [0, 0.1) is 0 Å². The molecule has 206 valence electrons. The lowest BCUT2D eigenvalue weighted by atomic mass is 10.1. The zero-order valence-electron chi connectivity index (χ0n) is 21.2. The van der Waals surface area contributed by atoms with Crippen molar-refractivity contribution in [2.24, 2.45) is 0 Å². The number of hydrogen-bond acceptors (Lipinski definition) is 9. The van der Waals surface area contributed by atoms with Gasteiger partial charge in [0.25, 0.3) is 11.8 Å². The largest absolute Gasteiger partial charge is 0.472 e. The number of Topliss-reactive ketones (excluding diaryl/α,β-unsaturated/α-hetero) is 2. The number of ketones is 2. The quantitative estimate of drug-likeness (QED) is 0.112. The minimum atomic E-state index is -3.90. The Labute approximate surface area is 213 Å². The molecule has 0 fully saturated rings. The summed E-state index contributed by atoms with van der Waals surface area (Å²) in [7, 11) is -3.90. The van der Waals surface area contributed by atoms with Gasteiger partial charge in [-0.2, -0.15) is 0 Å². The first kappa shape index (κ1) is 32.3. The van der Waals surface area contributed by atoms with Crippen LogP contribution in [0.4, 0.5) is 0 Å². The number of unbranched alkanes of at least 4 members (excludes halogenated alkanes) is 4. The van der Waals surface area contributed by atoms with Gasteiger partial charge in [0.2, 0.25) is 0 Å². The van der Waals surface area contributed by atoms with Gasteiger partial charge in [0.15, 0.2) is 0 Å². The van der Waals surface area contributed by atoms with E-state index in [-0.39, 0.29) is 49.6 Å². The topological polar surface area (TPSA) is 146 Å². The number of imide groups is 1. The van der Waals surface area contributed by atoms with Crippen molar-refractivity contribution in [2.75, 3.05) is 46.2 Å². The van der Waals surface area contributed by atoms with E-state index < -0.39 is 7.82 Å². The van der Waals surface area contributed by atoms with Crippen LogP contribution in [0.2, 0.25) is 0 Å². The Bertz CT molecular complexity index is 752.